The van der Waals surface area contributed by atoms with Crippen LogP contribution < -0.4 is 4.74 Å². The first-order chi connectivity index (χ1) is 12.1. The smallest absolute Gasteiger partial charge is 0.173 e. The number of hydrogen-bond donors (Lipinski definition) is 1. The van der Waals surface area contributed by atoms with Crippen molar-refractivity contribution in [2.45, 2.75) is 11.7 Å². The molecule has 1 aliphatic heterocycles. The summed E-state index contributed by atoms with van der Waals surface area (Å²) in [6.45, 7) is 0.782. The van der Waals surface area contributed by atoms with Crippen LogP contribution in [0.3, 0.4) is 0 Å². The van der Waals surface area contributed by atoms with Crippen LogP contribution in [-0.2, 0) is 6.54 Å². The summed E-state index contributed by atoms with van der Waals surface area (Å²) in [6, 6.07) is 13.0. The first kappa shape index (κ1) is 16.1. The normalized spacial score (nSPS) is 14.7. The second kappa shape index (κ2) is 6.50. The van der Waals surface area contributed by atoms with E-state index in [0.29, 0.717) is 5.75 Å². The second-order valence-electron chi connectivity index (χ2n) is 5.69. The Balaban J connectivity index is 1.56. The van der Waals surface area contributed by atoms with E-state index in [2.05, 4.69) is 16.8 Å². The zero-order valence-electron chi connectivity index (χ0n) is 13.4. The van der Waals surface area contributed by atoms with Gasteiger partial charge in [-0.1, -0.05) is 41.6 Å². The predicted octanol–water partition coefficient (Wildman–Crippen LogP) is 5.06. The van der Waals surface area contributed by atoms with Gasteiger partial charge >= 0.3 is 0 Å². The number of fused-ring (bicyclic) bond motifs is 1. The van der Waals surface area contributed by atoms with Crippen molar-refractivity contribution >= 4 is 29.4 Å². The molecular weight excluding hydrogens is 356 g/mol. The molecule has 0 radical (unpaired) electrons. The zero-order valence-corrected chi connectivity index (χ0v) is 15.0. The standard InChI is InChI=1S/C19H15ClN2O2S/c1-24-18-9-12(2-7-17(18)23)8-15-10-22-11-16(21-19(22)25-15)13-3-5-14(20)6-4-13/h2-9,11,23H,10H2,1H3/b15-8-. The third-order valence-electron chi connectivity index (χ3n) is 3.96. The van der Waals surface area contributed by atoms with Crippen molar-refractivity contribution in [3.63, 3.8) is 0 Å². The monoisotopic (exact) mass is 370 g/mol. The van der Waals surface area contributed by atoms with Gasteiger partial charge in [-0.2, -0.15) is 0 Å². The van der Waals surface area contributed by atoms with Crippen LogP contribution in [0.5, 0.6) is 11.5 Å². The van der Waals surface area contributed by atoms with Crippen molar-refractivity contribution in [2.24, 2.45) is 0 Å². The van der Waals surface area contributed by atoms with Crippen LogP contribution in [0.15, 0.2) is 58.7 Å². The summed E-state index contributed by atoms with van der Waals surface area (Å²) in [4.78, 5) is 5.90. The van der Waals surface area contributed by atoms with E-state index >= 15 is 0 Å². The van der Waals surface area contributed by atoms with Crippen molar-refractivity contribution in [1.82, 2.24) is 9.55 Å². The molecule has 1 aromatic heterocycles. The molecule has 1 aliphatic rings. The van der Waals surface area contributed by atoms with E-state index in [9.17, 15) is 5.11 Å². The average molecular weight is 371 g/mol. The highest BCUT2D eigenvalue weighted by Gasteiger charge is 2.20. The van der Waals surface area contributed by atoms with Crippen molar-refractivity contribution in [3.8, 4) is 22.8 Å². The van der Waals surface area contributed by atoms with Gasteiger partial charge < -0.3 is 14.4 Å². The summed E-state index contributed by atoms with van der Waals surface area (Å²) < 4.78 is 7.29. The van der Waals surface area contributed by atoms with Crippen LogP contribution >= 0.6 is 23.4 Å². The van der Waals surface area contributed by atoms with Crippen molar-refractivity contribution < 1.29 is 9.84 Å². The summed E-state index contributed by atoms with van der Waals surface area (Å²) >= 11 is 7.59. The number of imidazole rings is 1. The number of phenols is 1. The molecular formula is C19H15ClN2O2S. The van der Waals surface area contributed by atoms with Crippen molar-refractivity contribution in [2.75, 3.05) is 7.11 Å². The molecule has 0 spiro atoms. The Kier molecular flexibility index (Phi) is 4.19. The second-order valence-corrected chi connectivity index (χ2v) is 7.22. The average Bonchev–Trinajstić information content (AvgIpc) is 3.15. The van der Waals surface area contributed by atoms with Crippen molar-refractivity contribution in [1.29, 1.82) is 0 Å². The van der Waals surface area contributed by atoms with Gasteiger partial charge in [-0.15, -0.1) is 0 Å². The molecule has 0 amide bonds. The molecule has 0 atom stereocenters. The van der Waals surface area contributed by atoms with E-state index in [1.807, 2.05) is 36.4 Å². The van der Waals surface area contributed by atoms with E-state index in [1.165, 1.54) is 4.91 Å². The summed E-state index contributed by atoms with van der Waals surface area (Å²) in [5.41, 5.74) is 2.99. The van der Waals surface area contributed by atoms with Gasteiger partial charge in [-0.25, -0.2) is 4.98 Å². The third-order valence-corrected chi connectivity index (χ3v) is 5.23. The Bertz CT molecular complexity index is 939. The summed E-state index contributed by atoms with van der Waals surface area (Å²) in [5.74, 6) is 0.615. The molecule has 0 aliphatic carbocycles. The number of allylic oxidation sites excluding steroid dienone is 1. The van der Waals surface area contributed by atoms with Gasteiger partial charge in [0.15, 0.2) is 16.7 Å². The number of hydrogen-bond acceptors (Lipinski definition) is 4. The lowest BCUT2D eigenvalue weighted by molar-refractivity contribution is 0.373. The molecule has 0 bridgehead atoms. The van der Waals surface area contributed by atoms with Gasteiger partial charge in [-0.3, -0.25) is 0 Å². The van der Waals surface area contributed by atoms with E-state index in [0.717, 1.165) is 33.5 Å². The van der Waals surface area contributed by atoms with Gasteiger partial charge in [0.1, 0.15) is 0 Å². The van der Waals surface area contributed by atoms with Gasteiger partial charge in [0.05, 0.1) is 19.3 Å². The van der Waals surface area contributed by atoms with Gasteiger partial charge in [0, 0.05) is 21.7 Å². The molecule has 2 heterocycles. The lowest BCUT2D eigenvalue weighted by atomic mass is 10.2. The Morgan fingerprint density at radius 3 is 2.76 bits per heavy atom. The van der Waals surface area contributed by atoms with Gasteiger partial charge in [-0.05, 0) is 35.9 Å². The van der Waals surface area contributed by atoms with Crippen LogP contribution in [0, 0.1) is 0 Å². The maximum Gasteiger partial charge on any atom is 0.173 e. The van der Waals surface area contributed by atoms with E-state index in [-0.39, 0.29) is 5.75 Å². The molecule has 0 saturated heterocycles. The Morgan fingerprint density at radius 2 is 2.04 bits per heavy atom. The van der Waals surface area contributed by atoms with E-state index in [4.69, 9.17) is 21.3 Å². The maximum atomic E-state index is 9.69. The molecule has 6 heteroatoms. The highest BCUT2D eigenvalue weighted by atomic mass is 35.5. The number of methoxy groups -OCH3 is 1. The van der Waals surface area contributed by atoms with Gasteiger partial charge in [0.25, 0.3) is 0 Å². The molecule has 0 saturated carbocycles. The fourth-order valence-electron chi connectivity index (χ4n) is 2.72. The van der Waals surface area contributed by atoms with Gasteiger partial charge in [0.2, 0.25) is 0 Å². The van der Waals surface area contributed by atoms with Crippen molar-refractivity contribution in [3.05, 3.63) is 64.2 Å². The first-order valence-electron chi connectivity index (χ1n) is 7.71. The van der Waals surface area contributed by atoms with Crippen LogP contribution in [0.2, 0.25) is 5.02 Å². The minimum Gasteiger partial charge on any atom is -0.504 e. The fourth-order valence-corrected chi connectivity index (χ4v) is 3.85. The number of rotatable bonds is 3. The summed E-state index contributed by atoms with van der Waals surface area (Å²) in [5, 5.41) is 11.4. The number of nitrogens with zero attached hydrogens (tertiary/aromatic N) is 2. The molecule has 25 heavy (non-hydrogen) atoms. The highest BCUT2D eigenvalue weighted by molar-refractivity contribution is 8.03. The number of aromatic hydroxyl groups is 1. The van der Waals surface area contributed by atoms with Crippen LogP contribution in [0.4, 0.5) is 0 Å². The number of aromatic nitrogens is 2. The summed E-state index contributed by atoms with van der Waals surface area (Å²) in [6.07, 6.45) is 4.15. The number of halogens is 1. The number of ether oxygens (including phenoxy) is 1. The largest absolute Gasteiger partial charge is 0.504 e. The summed E-state index contributed by atoms with van der Waals surface area (Å²) in [7, 11) is 1.55. The molecule has 4 nitrogen and oxygen atoms in total. The maximum absolute atomic E-state index is 9.69. The van der Waals surface area contributed by atoms with E-state index < -0.39 is 0 Å². The topological polar surface area (TPSA) is 47.3 Å². The van der Waals surface area contributed by atoms with E-state index in [1.54, 1.807) is 24.9 Å². The lowest BCUT2D eigenvalue weighted by Gasteiger charge is -2.04. The number of thioether (sulfide) groups is 1. The molecule has 4 rings (SSSR count). The Labute approximate surface area is 154 Å². The number of phenolic OH excluding ortho intramolecular Hbond substituents is 1. The molecule has 0 unspecified atom stereocenters. The zero-order chi connectivity index (χ0) is 17.4. The quantitative estimate of drug-likeness (QED) is 0.699. The molecule has 0 fully saturated rings. The Morgan fingerprint density at radius 1 is 1.24 bits per heavy atom. The minimum atomic E-state index is 0.143. The third kappa shape index (κ3) is 3.25. The Hall–Kier alpha value is -2.37. The van der Waals surface area contributed by atoms with Crippen LogP contribution in [0.1, 0.15) is 5.56 Å². The highest BCUT2D eigenvalue weighted by Crippen LogP contribution is 2.38. The van der Waals surface area contributed by atoms with Crippen LogP contribution in [0.25, 0.3) is 17.3 Å². The molecule has 1 N–H and O–H groups in total. The van der Waals surface area contributed by atoms with Crippen LogP contribution in [-0.4, -0.2) is 21.8 Å². The first-order valence-corrected chi connectivity index (χ1v) is 8.90. The fraction of sp³-hybridized carbons (Fsp3) is 0.105. The predicted molar refractivity (Wildman–Crippen MR) is 101 cm³/mol. The number of benzene rings is 2. The minimum absolute atomic E-state index is 0.143. The molecule has 126 valence electrons. The molecule has 2 aromatic carbocycles. The molecule has 3 aromatic rings. The lowest BCUT2D eigenvalue weighted by Crippen LogP contribution is -1.90. The SMILES string of the molecule is COc1cc(/C=C2/Cn3cc(-c4ccc(Cl)cc4)nc3S2)ccc1O.